The second kappa shape index (κ2) is 13.0. The molecule has 0 heterocycles. The van der Waals surface area contributed by atoms with Gasteiger partial charge >= 0.3 is 0 Å². The lowest BCUT2D eigenvalue weighted by Crippen LogP contribution is -2.16. The number of benzene rings is 6. The minimum Gasteiger partial charge on any atom is -0.507 e. The highest BCUT2D eigenvalue weighted by Gasteiger charge is 2.32. The first kappa shape index (κ1) is 30.4. The van der Waals surface area contributed by atoms with Crippen LogP contribution in [0.15, 0.2) is 109 Å². The Morgan fingerprint density at radius 1 is 0.438 bits per heavy atom. The minimum atomic E-state index is -0.101. The predicted molar refractivity (Wildman–Crippen MR) is 197 cm³/mol. The van der Waals surface area contributed by atoms with E-state index in [9.17, 15) is 15.0 Å². The number of hydrogen-bond donors (Lipinski definition) is 2. The van der Waals surface area contributed by atoms with Gasteiger partial charge in [-0.25, -0.2) is 0 Å². The lowest BCUT2D eigenvalue weighted by molar-refractivity contribution is 0.103. The van der Waals surface area contributed by atoms with Gasteiger partial charge in [-0.15, -0.1) is 0 Å². The molecule has 48 heavy (non-hydrogen) atoms. The van der Waals surface area contributed by atoms with Crippen LogP contribution in [-0.2, 0) is 0 Å². The Morgan fingerprint density at radius 3 is 1.27 bits per heavy atom. The maximum absolute atomic E-state index is 15.0. The van der Waals surface area contributed by atoms with Gasteiger partial charge in [0, 0.05) is 33.4 Å². The number of phenolic OH excluding ortho intramolecular Hbond substituents is 2. The van der Waals surface area contributed by atoms with E-state index in [0.717, 1.165) is 106 Å². The Kier molecular flexibility index (Phi) is 8.22. The van der Waals surface area contributed by atoms with Gasteiger partial charge in [0.05, 0.1) is 0 Å². The maximum Gasteiger partial charge on any atom is 0.193 e. The second-order valence-electron chi connectivity index (χ2n) is 13.9. The van der Waals surface area contributed by atoms with Crippen molar-refractivity contribution in [3.63, 3.8) is 0 Å². The molecular weight excluding hydrogens is 588 g/mol. The fourth-order valence-electron chi connectivity index (χ4n) is 8.72. The summed E-state index contributed by atoms with van der Waals surface area (Å²) >= 11 is 0. The molecule has 0 radical (unpaired) electrons. The molecule has 3 heteroatoms. The summed E-state index contributed by atoms with van der Waals surface area (Å²) in [6, 6.07) is 36.7. The van der Waals surface area contributed by atoms with Gasteiger partial charge in [-0.05, 0) is 94.5 Å². The van der Waals surface area contributed by atoms with Crippen LogP contribution in [-0.4, -0.2) is 16.0 Å². The Labute approximate surface area is 282 Å². The molecule has 3 nitrogen and oxygen atoms in total. The maximum atomic E-state index is 15.0. The summed E-state index contributed by atoms with van der Waals surface area (Å²) in [5, 5.41) is 28.8. The summed E-state index contributed by atoms with van der Waals surface area (Å²) in [7, 11) is 0. The number of phenols is 2. The number of carbonyl (C=O) groups is 1. The molecule has 0 bridgehead atoms. The van der Waals surface area contributed by atoms with Gasteiger partial charge in [0.1, 0.15) is 11.5 Å². The molecule has 0 unspecified atom stereocenters. The van der Waals surface area contributed by atoms with Crippen LogP contribution in [0.3, 0.4) is 0 Å². The average Bonchev–Trinajstić information content (AvgIpc) is 3.14. The molecule has 0 aliphatic heterocycles. The van der Waals surface area contributed by atoms with Gasteiger partial charge in [0.2, 0.25) is 0 Å². The zero-order valence-electron chi connectivity index (χ0n) is 27.4. The molecule has 2 N–H and O–H groups in total. The fraction of sp³-hybridized carbons (Fsp3) is 0.267. The van der Waals surface area contributed by atoms with Crippen LogP contribution < -0.4 is 0 Å². The van der Waals surface area contributed by atoms with Gasteiger partial charge in [-0.2, -0.15) is 0 Å². The molecule has 0 atom stereocenters. The van der Waals surface area contributed by atoms with Crippen LogP contribution in [0.1, 0.15) is 103 Å². The normalized spacial score (nSPS) is 16.0. The lowest BCUT2D eigenvalue weighted by atomic mass is 9.76. The quantitative estimate of drug-likeness (QED) is 0.180. The Balaban J connectivity index is 1.31. The number of carbonyl (C=O) groups excluding carboxylic acids is 1. The van der Waals surface area contributed by atoms with Crippen molar-refractivity contribution >= 4 is 27.3 Å². The standard InChI is InChI=1S/C45H42O3/c46-43(39-27-25-37(44(47)41(39)31-15-3-1-4-16-31)35-23-11-19-29-13-7-9-21-33(29)35)40-28-26-38(45(48)42(40)32-17-5-2-6-18-32)36-24-12-20-30-14-8-10-22-34(30)36/h7-14,19-28,31-32,47-48H,1-6,15-18H2. The number of aromatic hydroxyl groups is 2. The van der Waals surface area contributed by atoms with Gasteiger partial charge in [-0.1, -0.05) is 123 Å². The van der Waals surface area contributed by atoms with Gasteiger partial charge in [0.25, 0.3) is 0 Å². The van der Waals surface area contributed by atoms with E-state index in [1.54, 1.807) is 0 Å². The van der Waals surface area contributed by atoms with E-state index in [1.165, 1.54) is 12.8 Å². The van der Waals surface area contributed by atoms with Crippen molar-refractivity contribution in [3.05, 3.63) is 131 Å². The molecular formula is C45H42O3. The van der Waals surface area contributed by atoms with Crippen LogP contribution >= 0.6 is 0 Å². The smallest absolute Gasteiger partial charge is 0.193 e. The van der Waals surface area contributed by atoms with Crippen molar-refractivity contribution in [2.45, 2.75) is 76.0 Å². The van der Waals surface area contributed by atoms with Crippen LogP contribution in [0.25, 0.3) is 43.8 Å². The molecule has 2 fully saturated rings. The summed E-state index contributed by atoms with van der Waals surface area (Å²) in [5.74, 6) is 0.555. The zero-order valence-corrected chi connectivity index (χ0v) is 27.4. The molecule has 0 amide bonds. The predicted octanol–water partition coefficient (Wildman–Crippen LogP) is 12.1. The van der Waals surface area contributed by atoms with Crippen LogP contribution in [0.4, 0.5) is 0 Å². The summed E-state index contributed by atoms with van der Waals surface area (Å²) in [4.78, 5) is 15.0. The molecule has 0 spiro atoms. The Morgan fingerprint density at radius 2 is 0.833 bits per heavy atom. The molecule has 8 rings (SSSR count). The van der Waals surface area contributed by atoms with Crippen LogP contribution in [0, 0.1) is 0 Å². The molecule has 2 saturated carbocycles. The number of hydrogen-bond acceptors (Lipinski definition) is 3. The van der Waals surface area contributed by atoms with E-state index in [0.29, 0.717) is 11.1 Å². The molecule has 0 saturated heterocycles. The first-order chi connectivity index (χ1) is 23.6. The van der Waals surface area contributed by atoms with Gasteiger partial charge < -0.3 is 10.2 Å². The molecule has 2 aliphatic carbocycles. The van der Waals surface area contributed by atoms with Crippen molar-refractivity contribution in [1.29, 1.82) is 0 Å². The minimum absolute atomic E-state index is 0.101. The van der Waals surface area contributed by atoms with Gasteiger partial charge in [-0.3, -0.25) is 4.79 Å². The topological polar surface area (TPSA) is 57.5 Å². The first-order valence-electron chi connectivity index (χ1n) is 17.8. The molecule has 6 aromatic rings. The zero-order chi connectivity index (χ0) is 32.6. The van der Waals surface area contributed by atoms with E-state index < -0.39 is 0 Å². The van der Waals surface area contributed by atoms with E-state index >= 15 is 0 Å². The van der Waals surface area contributed by atoms with Crippen molar-refractivity contribution in [2.75, 3.05) is 0 Å². The van der Waals surface area contributed by atoms with Crippen molar-refractivity contribution in [2.24, 2.45) is 0 Å². The third-order valence-electron chi connectivity index (χ3n) is 11.1. The van der Waals surface area contributed by atoms with E-state index in [4.69, 9.17) is 0 Å². The van der Waals surface area contributed by atoms with E-state index in [2.05, 4.69) is 48.5 Å². The third-order valence-corrected chi connectivity index (χ3v) is 11.1. The number of fused-ring (bicyclic) bond motifs is 2. The van der Waals surface area contributed by atoms with Crippen molar-refractivity contribution < 1.29 is 15.0 Å². The molecule has 2 aliphatic rings. The third kappa shape index (κ3) is 5.36. The highest BCUT2D eigenvalue weighted by Crippen LogP contribution is 2.48. The van der Waals surface area contributed by atoms with E-state index in [1.807, 2.05) is 60.7 Å². The number of ketones is 1. The average molecular weight is 631 g/mol. The van der Waals surface area contributed by atoms with Crippen molar-refractivity contribution in [1.82, 2.24) is 0 Å². The molecule has 240 valence electrons. The summed E-state index contributed by atoms with van der Waals surface area (Å²) < 4.78 is 0. The molecule has 0 aromatic heterocycles. The highest BCUT2D eigenvalue weighted by atomic mass is 16.3. The SMILES string of the molecule is O=C(c1ccc(-c2cccc3ccccc23)c(O)c1C1CCCCC1)c1ccc(-c2cccc3ccccc23)c(O)c1C1CCCCC1. The number of rotatable bonds is 6. The summed E-state index contributed by atoms with van der Waals surface area (Å²) in [6.45, 7) is 0. The van der Waals surface area contributed by atoms with Crippen LogP contribution in [0.5, 0.6) is 11.5 Å². The first-order valence-corrected chi connectivity index (χ1v) is 17.8. The van der Waals surface area contributed by atoms with Gasteiger partial charge in [0.15, 0.2) is 5.78 Å². The summed E-state index contributed by atoms with van der Waals surface area (Å²) in [6.07, 6.45) is 10.5. The monoisotopic (exact) mass is 630 g/mol. The van der Waals surface area contributed by atoms with Crippen molar-refractivity contribution in [3.8, 4) is 33.8 Å². The lowest BCUT2D eigenvalue weighted by Gasteiger charge is -2.28. The fourth-order valence-corrected chi connectivity index (χ4v) is 8.72. The second-order valence-corrected chi connectivity index (χ2v) is 13.9. The van der Waals surface area contributed by atoms with Crippen LogP contribution in [0.2, 0.25) is 0 Å². The molecule has 6 aromatic carbocycles. The highest BCUT2D eigenvalue weighted by molar-refractivity contribution is 6.13. The largest absolute Gasteiger partial charge is 0.507 e. The summed E-state index contributed by atoms with van der Waals surface area (Å²) in [5.41, 5.74) is 6.17. The van der Waals surface area contributed by atoms with E-state index in [-0.39, 0.29) is 29.1 Å². The Hall–Kier alpha value is -4.89. The Bertz CT molecular complexity index is 1980.